The lowest BCUT2D eigenvalue weighted by molar-refractivity contribution is -0.384. The minimum Gasteiger partial charge on any atom is -0.495 e. The Hall–Kier alpha value is -3.81. The van der Waals surface area contributed by atoms with Crippen LogP contribution in [0.4, 0.5) is 11.4 Å². The summed E-state index contributed by atoms with van der Waals surface area (Å²) in [6, 6.07) is 10.1. The number of Topliss-reactive ketones (excluding diaryl/α,β-unsaturated/α-hetero) is 1. The van der Waals surface area contributed by atoms with Gasteiger partial charge in [0.15, 0.2) is 5.78 Å². The number of carbonyl (C=O) groups is 3. The second-order valence-corrected chi connectivity index (χ2v) is 6.16. The van der Waals surface area contributed by atoms with Gasteiger partial charge in [-0.05, 0) is 37.3 Å². The summed E-state index contributed by atoms with van der Waals surface area (Å²) in [7, 11) is 1.36. The van der Waals surface area contributed by atoms with E-state index < -0.39 is 16.7 Å². The zero-order valence-corrected chi connectivity index (χ0v) is 15.4. The Labute approximate surface area is 160 Å². The van der Waals surface area contributed by atoms with Gasteiger partial charge in [0.1, 0.15) is 5.76 Å². The van der Waals surface area contributed by atoms with Gasteiger partial charge in [-0.3, -0.25) is 24.5 Å². The van der Waals surface area contributed by atoms with Crippen LogP contribution in [0.3, 0.4) is 0 Å². The maximum absolute atomic E-state index is 13.0. The molecular formula is C20H16N2O6. The molecule has 0 spiro atoms. The third kappa shape index (κ3) is 3.05. The fraction of sp³-hybridized carbons (Fsp3) is 0.150. The molecule has 0 atom stereocenters. The highest BCUT2D eigenvalue weighted by Gasteiger charge is 2.38. The molecule has 0 unspecified atom stereocenters. The number of hydrogen-bond acceptors (Lipinski definition) is 6. The predicted octanol–water partition coefficient (Wildman–Crippen LogP) is 3.21. The van der Waals surface area contributed by atoms with Crippen LogP contribution in [0.25, 0.3) is 11.3 Å². The number of ether oxygens (including phenoxy) is 1. The first-order chi connectivity index (χ1) is 13.3. The van der Waals surface area contributed by atoms with Crippen molar-refractivity contribution in [2.45, 2.75) is 13.8 Å². The van der Waals surface area contributed by atoms with Crippen LogP contribution in [0.1, 0.15) is 35.3 Å². The number of benzene rings is 2. The highest BCUT2D eigenvalue weighted by atomic mass is 16.6. The number of nitro groups is 1. The molecule has 2 aromatic carbocycles. The van der Waals surface area contributed by atoms with Gasteiger partial charge in [-0.2, -0.15) is 0 Å². The molecule has 1 aliphatic heterocycles. The van der Waals surface area contributed by atoms with Gasteiger partial charge in [0, 0.05) is 35.7 Å². The zero-order chi connectivity index (χ0) is 20.6. The second-order valence-electron chi connectivity index (χ2n) is 6.16. The number of methoxy groups -OCH3 is 1. The monoisotopic (exact) mass is 380 g/mol. The fourth-order valence-electron chi connectivity index (χ4n) is 3.12. The van der Waals surface area contributed by atoms with Gasteiger partial charge in [0.25, 0.3) is 11.6 Å². The lowest BCUT2D eigenvalue weighted by Crippen LogP contribution is -2.31. The van der Waals surface area contributed by atoms with E-state index in [1.54, 1.807) is 12.1 Å². The van der Waals surface area contributed by atoms with Crippen LogP contribution >= 0.6 is 0 Å². The van der Waals surface area contributed by atoms with Crippen molar-refractivity contribution in [3.63, 3.8) is 0 Å². The van der Waals surface area contributed by atoms with Crippen molar-refractivity contribution in [3.05, 3.63) is 69.3 Å². The van der Waals surface area contributed by atoms with E-state index in [2.05, 4.69) is 0 Å². The first kappa shape index (κ1) is 19.0. The highest BCUT2D eigenvalue weighted by Crippen LogP contribution is 2.42. The van der Waals surface area contributed by atoms with Crippen LogP contribution in [0, 0.1) is 10.1 Å². The number of nitro benzene ring substituents is 1. The minimum absolute atomic E-state index is 0.105. The summed E-state index contributed by atoms with van der Waals surface area (Å²) in [6.45, 7) is 2.67. The normalized spacial score (nSPS) is 14.5. The molecule has 0 N–H and O–H groups in total. The number of rotatable bonds is 4. The van der Waals surface area contributed by atoms with Crippen LogP contribution in [-0.2, 0) is 14.3 Å². The van der Waals surface area contributed by atoms with Gasteiger partial charge >= 0.3 is 0 Å². The van der Waals surface area contributed by atoms with Gasteiger partial charge in [-0.1, -0.05) is 0 Å². The largest absolute Gasteiger partial charge is 0.495 e. The van der Waals surface area contributed by atoms with Crippen LogP contribution in [0.15, 0.2) is 42.5 Å². The molecule has 2 aromatic rings. The molecule has 3 rings (SSSR count). The maximum Gasteiger partial charge on any atom is 0.269 e. The summed E-state index contributed by atoms with van der Waals surface area (Å²) in [4.78, 5) is 48.2. The lowest BCUT2D eigenvalue weighted by Gasteiger charge is -2.12. The SMILES string of the molecule is CO/C(=C1\C(=O)N(C(C)=O)c2ccc(C(C)=O)cc21)c1ccc([N+](=O)[O-])cc1. The average Bonchev–Trinajstić information content (AvgIpc) is 2.94. The highest BCUT2D eigenvalue weighted by molar-refractivity contribution is 6.43. The van der Waals surface area contributed by atoms with Crippen molar-refractivity contribution < 1.29 is 24.0 Å². The van der Waals surface area contributed by atoms with Crippen molar-refractivity contribution in [1.29, 1.82) is 0 Å². The van der Waals surface area contributed by atoms with E-state index in [1.807, 2.05) is 0 Å². The van der Waals surface area contributed by atoms with Gasteiger partial charge < -0.3 is 4.74 Å². The number of nitrogens with zero attached hydrogens (tertiary/aromatic N) is 2. The molecule has 1 heterocycles. The molecule has 0 aliphatic carbocycles. The third-order valence-corrected chi connectivity index (χ3v) is 4.42. The average molecular weight is 380 g/mol. The lowest BCUT2D eigenvalue weighted by atomic mass is 9.99. The number of fused-ring (bicyclic) bond motifs is 1. The molecule has 8 heteroatoms. The van der Waals surface area contributed by atoms with Crippen molar-refractivity contribution in [2.24, 2.45) is 0 Å². The number of hydrogen-bond donors (Lipinski definition) is 0. The summed E-state index contributed by atoms with van der Waals surface area (Å²) in [6.07, 6.45) is 0. The van der Waals surface area contributed by atoms with Crippen molar-refractivity contribution in [2.75, 3.05) is 12.0 Å². The molecule has 28 heavy (non-hydrogen) atoms. The van der Waals surface area contributed by atoms with E-state index in [1.165, 1.54) is 51.3 Å². The zero-order valence-electron chi connectivity index (χ0n) is 15.4. The maximum atomic E-state index is 13.0. The van der Waals surface area contributed by atoms with Gasteiger partial charge in [0.2, 0.25) is 5.91 Å². The Morgan fingerprint density at radius 3 is 2.14 bits per heavy atom. The van der Waals surface area contributed by atoms with Crippen molar-refractivity contribution in [1.82, 2.24) is 0 Å². The van der Waals surface area contributed by atoms with Gasteiger partial charge in [0.05, 0.1) is 23.3 Å². The van der Waals surface area contributed by atoms with E-state index in [4.69, 9.17) is 4.74 Å². The third-order valence-electron chi connectivity index (χ3n) is 4.42. The number of anilines is 1. The number of amides is 2. The first-order valence-corrected chi connectivity index (χ1v) is 8.29. The Bertz CT molecular complexity index is 1050. The van der Waals surface area contributed by atoms with E-state index in [0.717, 1.165) is 4.90 Å². The molecule has 0 saturated carbocycles. The fourth-order valence-corrected chi connectivity index (χ4v) is 3.12. The summed E-state index contributed by atoms with van der Waals surface area (Å²) in [5, 5.41) is 10.9. The number of ketones is 1. The molecular weight excluding hydrogens is 364 g/mol. The van der Waals surface area contributed by atoms with Crippen LogP contribution < -0.4 is 4.90 Å². The van der Waals surface area contributed by atoms with Gasteiger partial charge in [-0.25, -0.2) is 4.90 Å². The summed E-state index contributed by atoms with van der Waals surface area (Å²) in [5.41, 5.74) is 1.57. The summed E-state index contributed by atoms with van der Waals surface area (Å²) in [5.74, 6) is -1.09. The number of carbonyl (C=O) groups excluding carboxylic acids is 3. The van der Waals surface area contributed by atoms with E-state index in [0.29, 0.717) is 22.4 Å². The molecule has 0 radical (unpaired) electrons. The smallest absolute Gasteiger partial charge is 0.269 e. The van der Waals surface area contributed by atoms with E-state index in [9.17, 15) is 24.5 Å². The van der Waals surface area contributed by atoms with E-state index >= 15 is 0 Å². The van der Waals surface area contributed by atoms with Crippen LogP contribution in [-0.4, -0.2) is 29.6 Å². The summed E-state index contributed by atoms with van der Waals surface area (Å²) < 4.78 is 5.44. The molecule has 0 fully saturated rings. The topological polar surface area (TPSA) is 107 Å². The molecule has 0 saturated heterocycles. The molecule has 1 aliphatic rings. The first-order valence-electron chi connectivity index (χ1n) is 8.29. The van der Waals surface area contributed by atoms with Crippen LogP contribution in [0.2, 0.25) is 0 Å². The molecule has 8 nitrogen and oxygen atoms in total. The molecule has 142 valence electrons. The number of imide groups is 1. The van der Waals surface area contributed by atoms with Crippen LogP contribution in [0.5, 0.6) is 0 Å². The van der Waals surface area contributed by atoms with Crippen molar-refractivity contribution in [3.8, 4) is 0 Å². The second kappa shape index (κ2) is 7.07. The van der Waals surface area contributed by atoms with E-state index in [-0.39, 0.29) is 22.8 Å². The van der Waals surface area contributed by atoms with Gasteiger partial charge in [-0.15, -0.1) is 0 Å². The molecule has 0 aromatic heterocycles. The Morgan fingerprint density at radius 1 is 1.04 bits per heavy atom. The quantitative estimate of drug-likeness (QED) is 0.265. The Kier molecular flexibility index (Phi) is 4.79. The number of non-ortho nitro benzene ring substituents is 1. The Balaban J connectivity index is 2.27. The summed E-state index contributed by atoms with van der Waals surface area (Å²) >= 11 is 0. The van der Waals surface area contributed by atoms with Crippen molar-refractivity contribution >= 4 is 40.3 Å². The standard InChI is InChI=1S/C20H16N2O6/c1-11(23)14-6-9-17-16(10-14)18(20(25)21(17)12(2)24)19(28-3)13-4-7-15(8-5-13)22(26)27/h4-10H,1-3H3/b19-18-. The predicted molar refractivity (Wildman–Crippen MR) is 102 cm³/mol. The Morgan fingerprint density at radius 2 is 1.64 bits per heavy atom. The minimum atomic E-state index is -0.585. The molecule has 2 amide bonds. The molecule has 0 bridgehead atoms.